The molecule has 2 fully saturated rings. The fourth-order valence-corrected chi connectivity index (χ4v) is 3.90. The monoisotopic (exact) mass is 353 g/mol. The van der Waals surface area contributed by atoms with Crippen LogP contribution in [0.1, 0.15) is 58.3 Å². The third-order valence-electron chi connectivity index (χ3n) is 5.58. The lowest BCUT2D eigenvalue weighted by Crippen LogP contribution is -2.57. The van der Waals surface area contributed by atoms with Crippen molar-refractivity contribution in [3.8, 4) is 0 Å². The predicted molar refractivity (Wildman–Crippen MR) is 94.0 cm³/mol. The van der Waals surface area contributed by atoms with Crippen LogP contribution in [0.15, 0.2) is 0 Å². The summed E-state index contributed by atoms with van der Waals surface area (Å²) in [7, 11) is 1.70. The van der Waals surface area contributed by atoms with E-state index in [2.05, 4.69) is 10.6 Å². The quantitative estimate of drug-likeness (QED) is 0.622. The number of carbonyl (C=O) groups excluding carboxylic acids is 2. The average Bonchev–Trinajstić information content (AvgIpc) is 2.94. The molecule has 0 aromatic rings. The number of aliphatic carboxylic acids is 1. The van der Waals surface area contributed by atoms with Gasteiger partial charge < -0.3 is 20.6 Å². The lowest BCUT2D eigenvalue weighted by atomic mass is 9.90. The highest BCUT2D eigenvalue weighted by molar-refractivity contribution is 5.92. The molecule has 3 N–H and O–H groups in total. The zero-order valence-electron chi connectivity index (χ0n) is 15.3. The van der Waals surface area contributed by atoms with E-state index in [0.29, 0.717) is 19.4 Å². The van der Waals surface area contributed by atoms with Gasteiger partial charge in [-0.1, -0.05) is 25.7 Å². The third-order valence-corrected chi connectivity index (χ3v) is 5.58. The predicted octanol–water partition coefficient (Wildman–Crippen LogP) is 1.13. The molecule has 0 bridgehead atoms. The number of carboxylic acids is 1. The maximum absolute atomic E-state index is 13.1. The van der Waals surface area contributed by atoms with E-state index in [-0.39, 0.29) is 17.7 Å². The molecule has 2 amide bonds. The lowest BCUT2D eigenvalue weighted by molar-refractivity contribution is -0.150. The van der Waals surface area contributed by atoms with Crippen molar-refractivity contribution in [3.63, 3.8) is 0 Å². The van der Waals surface area contributed by atoms with Crippen LogP contribution < -0.4 is 10.6 Å². The number of likely N-dealkylation sites (tertiary alicyclic amines) is 1. The Labute approximate surface area is 149 Å². The van der Waals surface area contributed by atoms with Crippen LogP contribution in [0, 0.1) is 5.92 Å². The molecule has 25 heavy (non-hydrogen) atoms. The van der Waals surface area contributed by atoms with Gasteiger partial charge in [-0.25, -0.2) is 4.79 Å². The minimum Gasteiger partial charge on any atom is -0.480 e. The van der Waals surface area contributed by atoms with Crippen molar-refractivity contribution in [2.45, 2.75) is 76.4 Å². The molecule has 142 valence electrons. The average molecular weight is 353 g/mol. The van der Waals surface area contributed by atoms with Crippen LogP contribution in [0.3, 0.4) is 0 Å². The summed E-state index contributed by atoms with van der Waals surface area (Å²) in [5.74, 6) is -1.32. The fraction of sp³-hybridized carbons (Fsp3) is 0.833. The van der Waals surface area contributed by atoms with Crippen molar-refractivity contribution in [2.24, 2.45) is 5.92 Å². The maximum atomic E-state index is 13.1. The number of nitrogens with one attached hydrogen (secondary N) is 2. The SMILES string of the molecule is CNC(C)C(=O)NC(C(=O)N1CCC[C@H]1C(=O)O)C1CCCCCC1. The molecular formula is C18H31N3O4. The van der Waals surface area contributed by atoms with Gasteiger partial charge in [0.2, 0.25) is 11.8 Å². The van der Waals surface area contributed by atoms with Gasteiger partial charge in [0.05, 0.1) is 6.04 Å². The Balaban J connectivity index is 2.18. The van der Waals surface area contributed by atoms with Crippen LogP contribution in [-0.2, 0) is 14.4 Å². The number of hydrogen-bond acceptors (Lipinski definition) is 4. The van der Waals surface area contributed by atoms with Crippen LogP contribution in [-0.4, -0.2) is 59.5 Å². The minimum atomic E-state index is -0.958. The topological polar surface area (TPSA) is 98.7 Å². The van der Waals surface area contributed by atoms with Gasteiger partial charge in [0.1, 0.15) is 12.1 Å². The summed E-state index contributed by atoms with van der Waals surface area (Å²) in [4.78, 5) is 38.4. The van der Waals surface area contributed by atoms with Crippen molar-refractivity contribution < 1.29 is 19.5 Å². The third kappa shape index (κ3) is 4.93. The molecule has 0 aromatic heterocycles. The van der Waals surface area contributed by atoms with Gasteiger partial charge in [0.25, 0.3) is 0 Å². The van der Waals surface area contributed by atoms with E-state index < -0.39 is 24.1 Å². The molecule has 7 nitrogen and oxygen atoms in total. The van der Waals surface area contributed by atoms with Crippen LogP contribution in [0.4, 0.5) is 0 Å². The van der Waals surface area contributed by atoms with E-state index in [1.54, 1.807) is 14.0 Å². The first-order valence-electron chi connectivity index (χ1n) is 9.46. The van der Waals surface area contributed by atoms with Crippen molar-refractivity contribution in [2.75, 3.05) is 13.6 Å². The summed E-state index contributed by atoms with van der Waals surface area (Å²) in [5.41, 5.74) is 0. The number of rotatable bonds is 6. The summed E-state index contributed by atoms with van der Waals surface area (Å²) in [6, 6.07) is -1.78. The van der Waals surface area contributed by atoms with Crippen molar-refractivity contribution in [1.82, 2.24) is 15.5 Å². The molecule has 2 rings (SSSR count). The van der Waals surface area contributed by atoms with Crippen LogP contribution >= 0.6 is 0 Å². The summed E-state index contributed by atoms with van der Waals surface area (Å²) in [5, 5.41) is 15.2. The first-order valence-corrected chi connectivity index (χ1v) is 9.46. The lowest BCUT2D eigenvalue weighted by Gasteiger charge is -2.32. The molecule has 1 saturated carbocycles. The number of hydrogen-bond donors (Lipinski definition) is 3. The molecule has 0 spiro atoms. The van der Waals surface area contributed by atoms with Gasteiger partial charge in [0.15, 0.2) is 0 Å². The van der Waals surface area contributed by atoms with Gasteiger partial charge in [-0.3, -0.25) is 9.59 Å². The molecule has 2 aliphatic rings. The number of likely N-dealkylation sites (N-methyl/N-ethyl adjacent to an activating group) is 1. The van der Waals surface area contributed by atoms with E-state index in [1.807, 2.05) is 0 Å². The Morgan fingerprint density at radius 2 is 1.68 bits per heavy atom. The largest absolute Gasteiger partial charge is 0.480 e. The second-order valence-corrected chi connectivity index (χ2v) is 7.28. The maximum Gasteiger partial charge on any atom is 0.326 e. The minimum absolute atomic E-state index is 0.0815. The van der Waals surface area contributed by atoms with Crippen LogP contribution in [0.5, 0.6) is 0 Å². The molecule has 0 radical (unpaired) electrons. The Bertz CT molecular complexity index is 489. The Morgan fingerprint density at radius 1 is 1.04 bits per heavy atom. The number of carboxylic acid groups (broad SMARTS) is 1. The molecule has 7 heteroatoms. The van der Waals surface area contributed by atoms with Crippen molar-refractivity contribution >= 4 is 17.8 Å². The zero-order valence-corrected chi connectivity index (χ0v) is 15.3. The molecule has 1 aliphatic heterocycles. The molecule has 0 aromatic carbocycles. The molecule has 2 unspecified atom stereocenters. The molecule has 1 aliphatic carbocycles. The van der Waals surface area contributed by atoms with Gasteiger partial charge in [-0.2, -0.15) is 0 Å². The fourth-order valence-electron chi connectivity index (χ4n) is 3.90. The highest BCUT2D eigenvalue weighted by atomic mass is 16.4. The van der Waals surface area contributed by atoms with E-state index in [9.17, 15) is 19.5 Å². The molecule has 1 saturated heterocycles. The number of carbonyl (C=O) groups is 3. The summed E-state index contributed by atoms with van der Waals surface area (Å²) < 4.78 is 0. The second-order valence-electron chi connectivity index (χ2n) is 7.28. The number of amides is 2. The summed E-state index contributed by atoms with van der Waals surface area (Å²) in [6.45, 7) is 2.20. The van der Waals surface area contributed by atoms with E-state index in [4.69, 9.17) is 0 Å². The zero-order chi connectivity index (χ0) is 18.4. The first-order chi connectivity index (χ1) is 12.0. The van der Waals surface area contributed by atoms with E-state index >= 15 is 0 Å². The first kappa shape index (κ1) is 19.7. The van der Waals surface area contributed by atoms with Gasteiger partial charge in [-0.15, -0.1) is 0 Å². The summed E-state index contributed by atoms with van der Waals surface area (Å²) in [6.07, 6.45) is 7.38. The van der Waals surface area contributed by atoms with Gasteiger partial charge >= 0.3 is 5.97 Å². The smallest absolute Gasteiger partial charge is 0.326 e. The van der Waals surface area contributed by atoms with Crippen molar-refractivity contribution in [3.05, 3.63) is 0 Å². The Kier molecular flexibility index (Phi) is 7.23. The van der Waals surface area contributed by atoms with Crippen LogP contribution in [0.2, 0.25) is 0 Å². The van der Waals surface area contributed by atoms with E-state index in [1.165, 1.54) is 4.90 Å². The Hall–Kier alpha value is -1.63. The molecular weight excluding hydrogens is 322 g/mol. The van der Waals surface area contributed by atoms with Crippen molar-refractivity contribution in [1.29, 1.82) is 0 Å². The Morgan fingerprint density at radius 3 is 2.24 bits per heavy atom. The molecule has 3 atom stereocenters. The van der Waals surface area contributed by atoms with Crippen LogP contribution in [0.25, 0.3) is 0 Å². The summed E-state index contributed by atoms with van der Waals surface area (Å²) >= 11 is 0. The van der Waals surface area contributed by atoms with E-state index in [0.717, 1.165) is 38.5 Å². The molecule has 1 heterocycles. The standard InChI is InChI=1S/C18H31N3O4/c1-12(19-2)16(22)20-15(13-8-5-3-4-6-9-13)17(23)21-11-7-10-14(21)18(24)25/h12-15,19H,3-11H2,1-2H3,(H,20,22)(H,24,25)/t12?,14-,15?/m0/s1. The highest BCUT2D eigenvalue weighted by Gasteiger charge is 2.40. The van der Waals surface area contributed by atoms with Gasteiger partial charge in [-0.05, 0) is 45.6 Å². The normalized spacial score (nSPS) is 24.4. The van der Waals surface area contributed by atoms with Gasteiger partial charge in [0, 0.05) is 6.54 Å². The highest BCUT2D eigenvalue weighted by Crippen LogP contribution is 2.28. The number of nitrogens with zero attached hydrogens (tertiary/aromatic N) is 1. The second kappa shape index (κ2) is 9.17.